The summed E-state index contributed by atoms with van der Waals surface area (Å²) in [5.41, 5.74) is 6.52. The number of pyridine rings is 1. The predicted octanol–water partition coefficient (Wildman–Crippen LogP) is 2.64. The van der Waals surface area contributed by atoms with Crippen LogP contribution < -0.4 is 20.9 Å². The minimum absolute atomic E-state index is 0.195. The number of carbonyl (C=O) groups is 2. The Bertz CT molecular complexity index is 1190. The van der Waals surface area contributed by atoms with Gasteiger partial charge in [0, 0.05) is 22.5 Å². The highest BCUT2D eigenvalue weighted by Crippen LogP contribution is 2.35. The van der Waals surface area contributed by atoms with Crippen molar-refractivity contribution in [3.63, 3.8) is 0 Å². The van der Waals surface area contributed by atoms with Crippen molar-refractivity contribution in [2.24, 2.45) is 5.73 Å². The van der Waals surface area contributed by atoms with Crippen molar-refractivity contribution in [2.75, 3.05) is 18.1 Å². The first-order valence-corrected chi connectivity index (χ1v) is 9.49. The lowest BCUT2D eigenvalue weighted by Gasteiger charge is -2.30. The number of hydrogen-bond donors (Lipinski definition) is 2. The summed E-state index contributed by atoms with van der Waals surface area (Å²) < 4.78 is 5.50. The number of hydrogen-bond acceptors (Lipinski definition) is 4. The maximum atomic E-state index is 13.2. The number of nitrogens with one attached hydrogen (secondary N) is 1. The molecule has 29 heavy (non-hydrogen) atoms. The van der Waals surface area contributed by atoms with Crippen LogP contribution in [-0.2, 0) is 11.2 Å². The summed E-state index contributed by atoms with van der Waals surface area (Å²) in [7, 11) is 0. The standard InChI is InChI=1S/C21H18ClN3O4/c22-13-7-6-12-9-16(24-20(27)15(12)10-13)21(28)25-8-2-3-14-17(25)4-1-5-18(14)29-11-19(23)26/h1,4-7,9-10H,2-3,8,11H2,(H2,23,26)(H,24,27). The van der Waals surface area contributed by atoms with Gasteiger partial charge in [-0.2, -0.15) is 0 Å². The molecule has 8 heteroatoms. The number of anilines is 1. The number of ether oxygens (including phenoxy) is 1. The number of rotatable bonds is 4. The number of amides is 2. The highest BCUT2D eigenvalue weighted by Gasteiger charge is 2.26. The average molecular weight is 412 g/mol. The molecule has 0 fully saturated rings. The molecule has 3 aromatic rings. The molecule has 0 unspecified atom stereocenters. The van der Waals surface area contributed by atoms with Gasteiger partial charge in [-0.25, -0.2) is 0 Å². The van der Waals surface area contributed by atoms with E-state index in [9.17, 15) is 14.4 Å². The fourth-order valence-electron chi connectivity index (χ4n) is 3.58. The summed E-state index contributed by atoms with van der Waals surface area (Å²) in [5.74, 6) is -0.354. The topological polar surface area (TPSA) is 105 Å². The van der Waals surface area contributed by atoms with E-state index >= 15 is 0 Å². The van der Waals surface area contributed by atoms with Crippen molar-refractivity contribution in [1.29, 1.82) is 0 Å². The van der Waals surface area contributed by atoms with Gasteiger partial charge in [0.25, 0.3) is 17.4 Å². The van der Waals surface area contributed by atoms with Gasteiger partial charge < -0.3 is 20.4 Å². The highest BCUT2D eigenvalue weighted by atomic mass is 35.5. The molecule has 0 aliphatic carbocycles. The fourth-order valence-corrected chi connectivity index (χ4v) is 3.75. The second-order valence-electron chi connectivity index (χ2n) is 6.81. The van der Waals surface area contributed by atoms with Crippen LogP contribution in [0.15, 0.2) is 47.3 Å². The van der Waals surface area contributed by atoms with Gasteiger partial charge in [-0.3, -0.25) is 14.4 Å². The lowest BCUT2D eigenvalue weighted by Crippen LogP contribution is -2.37. The number of fused-ring (bicyclic) bond motifs is 2. The maximum absolute atomic E-state index is 13.2. The Balaban J connectivity index is 1.72. The number of carbonyl (C=O) groups excluding carboxylic acids is 2. The molecule has 1 aliphatic rings. The summed E-state index contributed by atoms with van der Waals surface area (Å²) in [6.07, 6.45) is 1.43. The van der Waals surface area contributed by atoms with E-state index < -0.39 is 5.91 Å². The molecule has 0 saturated heterocycles. The minimum Gasteiger partial charge on any atom is -0.483 e. The van der Waals surface area contributed by atoms with Gasteiger partial charge in [0.15, 0.2) is 6.61 Å². The lowest BCUT2D eigenvalue weighted by molar-refractivity contribution is -0.119. The smallest absolute Gasteiger partial charge is 0.274 e. The molecular weight excluding hydrogens is 394 g/mol. The van der Waals surface area contributed by atoms with Crippen LogP contribution in [0.2, 0.25) is 5.02 Å². The lowest BCUT2D eigenvalue weighted by atomic mass is 10.00. The third-order valence-electron chi connectivity index (χ3n) is 4.86. The third kappa shape index (κ3) is 3.69. The SMILES string of the molecule is NC(=O)COc1cccc2c1CCCN2C(=O)c1cc2ccc(Cl)cc2c(=O)[nH]1. The summed E-state index contributed by atoms with van der Waals surface area (Å²) in [4.78, 5) is 41.0. The molecule has 1 aromatic heterocycles. The summed E-state index contributed by atoms with van der Waals surface area (Å²) in [6.45, 7) is 0.275. The zero-order chi connectivity index (χ0) is 20.5. The van der Waals surface area contributed by atoms with Crippen molar-refractivity contribution in [3.05, 3.63) is 69.1 Å². The van der Waals surface area contributed by atoms with Crippen molar-refractivity contribution >= 4 is 39.9 Å². The third-order valence-corrected chi connectivity index (χ3v) is 5.10. The number of halogens is 1. The average Bonchev–Trinajstić information content (AvgIpc) is 2.71. The van der Waals surface area contributed by atoms with Crippen LogP contribution >= 0.6 is 11.6 Å². The molecule has 7 nitrogen and oxygen atoms in total. The largest absolute Gasteiger partial charge is 0.483 e. The number of benzene rings is 2. The summed E-state index contributed by atoms with van der Waals surface area (Å²) in [6, 6.07) is 11.9. The number of aromatic amines is 1. The van der Waals surface area contributed by atoms with Crippen molar-refractivity contribution in [1.82, 2.24) is 4.98 Å². The molecule has 148 valence electrons. The van der Waals surface area contributed by atoms with Gasteiger partial charge in [-0.05, 0) is 48.6 Å². The Kier molecular flexibility index (Phi) is 4.98. The Morgan fingerprint density at radius 2 is 2.03 bits per heavy atom. The second kappa shape index (κ2) is 7.60. The highest BCUT2D eigenvalue weighted by molar-refractivity contribution is 6.31. The van der Waals surface area contributed by atoms with Crippen molar-refractivity contribution in [2.45, 2.75) is 12.8 Å². The van der Waals surface area contributed by atoms with E-state index in [-0.39, 0.29) is 23.8 Å². The first-order valence-electron chi connectivity index (χ1n) is 9.11. The molecule has 1 aliphatic heterocycles. The fraction of sp³-hybridized carbons (Fsp3) is 0.190. The molecule has 0 bridgehead atoms. The van der Waals surface area contributed by atoms with E-state index in [0.29, 0.717) is 40.2 Å². The number of nitrogens with zero attached hydrogens (tertiary/aromatic N) is 1. The minimum atomic E-state index is -0.569. The van der Waals surface area contributed by atoms with Gasteiger partial charge in [-0.15, -0.1) is 0 Å². The second-order valence-corrected chi connectivity index (χ2v) is 7.25. The van der Waals surface area contributed by atoms with Gasteiger partial charge in [0.2, 0.25) is 0 Å². The molecule has 0 atom stereocenters. The monoisotopic (exact) mass is 411 g/mol. The van der Waals surface area contributed by atoms with Crippen LogP contribution in [0.1, 0.15) is 22.5 Å². The van der Waals surface area contributed by atoms with Crippen LogP contribution in [0.3, 0.4) is 0 Å². The van der Waals surface area contributed by atoms with Gasteiger partial charge in [0.1, 0.15) is 11.4 Å². The summed E-state index contributed by atoms with van der Waals surface area (Å²) in [5, 5.41) is 1.52. The van der Waals surface area contributed by atoms with Gasteiger partial charge in [0.05, 0.1) is 5.69 Å². The Hall–Kier alpha value is -3.32. The molecule has 2 amide bonds. The quantitative estimate of drug-likeness (QED) is 0.688. The van der Waals surface area contributed by atoms with Gasteiger partial charge >= 0.3 is 0 Å². The predicted molar refractivity (Wildman–Crippen MR) is 111 cm³/mol. The Morgan fingerprint density at radius 1 is 1.21 bits per heavy atom. The van der Waals surface area contributed by atoms with Crippen molar-refractivity contribution in [3.8, 4) is 5.75 Å². The zero-order valence-corrected chi connectivity index (χ0v) is 16.2. The molecule has 0 saturated carbocycles. The van der Waals surface area contributed by atoms with E-state index in [1.807, 2.05) is 6.07 Å². The molecule has 3 N–H and O–H groups in total. The number of nitrogens with two attached hydrogens (primary N) is 1. The normalized spacial score (nSPS) is 13.2. The van der Waals surface area contributed by atoms with Crippen LogP contribution in [0, 0.1) is 0 Å². The van der Waals surface area contributed by atoms with E-state index in [1.54, 1.807) is 41.3 Å². The van der Waals surface area contributed by atoms with E-state index in [2.05, 4.69) is 4.98 Å². The van der Waals surface area contributed by atoms with Crippen LogP contribution in [0.4, 0.5) is 5.69 Å². The maximum Gasteiger partial charge on any atom is 0.274 e. The van der Waals surface area contributed by atoms with Crippen LogP contribution in [-0.4, -0.2) is 29.9 Å². The van der Waals surface area contributed by atoms with E-state index in [0.717, 1.165) is 12.0 Å². The molecule has 4 rings (SSSR count). The molecule has 0 radical (unpaired) electrons. The van der Waals surface area contributed by atoms with Crippen molar-refractivity contribution < 1.29 is 14.3 Å². The van der Waals surface area contributed by atoms with Gasteiger partial charge in [-0.1, -0.05) is 23.7 Å². The van der Waals surface area contributed by atoms with Crippen LogP contribution in [0.5, 0.6) is 5.75 Å². The molecule has 2 heterocycles. The molecule has 2 aromatic carbocycles. The molecular formula is C21H18ClN3O4. The van der Waals surface area contributed by atoms with E-state index in [4.69, 9.17) is 22.1 Å². The number of aromatic nitrogens is 1. The number of H-pyrrole nitrogens is 1. The van der Waals surface area contributed by atoms with Crippen LogP contribution in [0.25, 0.3) is 10.8 Å². The first kappa shape index (κ1) is 19.0. The first-order chi connectivity index (χ1) is 13.9. The summed E-state index contributed by atoms with van der Waals surface area (Å²) >= 11 is 5.96. The number of primary amides is 1. The zero-order valence-electron chi connectivity index (χ0n) is 15.4. The Morgan fingerprint density at radius 3 is 2.83 bits per heavy atom. The van der Waals surface area contributed by atoms with E-state index in [1.165, 1.54) is 0 Å². The Labute approximate surface area is 171 Å². The molecule has 0 spiro atoms.